The van der Waals surface area contributed by atoms with Crippen LogP contribution in [-0.4, -0.2) is 31.9 Å². The molecule has 0 aliphatic carbocycles. The minimum absolute atomic E-state index is 0.186. The van der Waals surface area contributed by atoms with Gasteiger partial charge in [-0.25, -0.2) is 12.7 Å². The van der Waals surface area contributed by atoms with Gasteiger partial charge in [0.15, 0.2) is 5.11 Å². The number of halogens is 2. The molecule has 0 heterocycles. The first-order valence-corrected chi connectivity index (χ1v) is 9.82. The quantitative estimate of drug-likeness (QED) is 0.725. The summed E-state index contributed by atoms with van der Waals surface area (Å²) in [7, 11) is -0.533. The molecule has 0 aliphatic heterocycles. The van der Waals surface area contributed by atoms with E-state index in [-0.39, 0.29) is 4.90 Å². The molecule has 2 N–H and O–H groups in total. The lowest BCUT2D eigenvalue weighted by atomic mass is 10.2. The highest BCUT2D eigenvalue weighted by molar-refractivity contribution is 7.89. The third-order valence-electron chi connectivity index (χ3n) is 3.32. The normalized spacial score (nSPS) is 11.4. The molecule has 0 fully saturated rings. The van der Waals surface area contributed by atoms with Gasteiger partial charge < -0.3 is 10.6 Å². The van der Waals surface area contributed by atoms with Crippen LogP contribution in [0.1, 0.15) is 5.56 Å². The first-order chi connectivity index (χ1) is 11.7. The van der Waals surface area contributed by atoms with Gasteiger partial charge in [0.05, 0.1) is 4.90 Å². The summed E-state index contributed by atoms with van der Waals surface area (Å²) in [6, 6.07) is 11.7. The Morgan fingerprint density at radius 3 is 2.52 bits per heavy atom. The Labute approximate surface area is 163 Å². The van der Waals surface area contributed by atoms with Crippen molar-refractivity contribution >= 4 is 56.2 Å². The fourth-order valence-electron chi connectivity index (χ4n) is 1.96. The van der Waals surface area contributed by atoms with E-state index in [9.17, 15) is 8.42 Å². The summed E-state index contributed by atoms with van der Waals surface area (Å²) < 4.78 is 25.5. The molecule has 0 aromatic heterocycles. The van der Waals surface area contributed by atoms with E-state index in [1.165, 1.54) is 26.2 Å². The van der Waals surface area contributed by atoms with E-state index >= 15 is 0 Å². The molecule has 25 heavy (non-hydrogen) atoms. The topological polar surface area (TPSA) is 61.4 Å². The first-order valence-electron chi connectivity index (χ1n) is 7.21. The predicted molar refractivity (Wildman–Crippen MR) is 107 cm³/mol. The number of sulfonamides is 1. The molecule has 0 saturated carbocycles. The molecule has 134 valence electrons. The van der Waals surface area contributed by atoms with Crippen LogP contribution in [0.25, 0.3) is 0 Å². The molecular formula is C16H17Cl2N3O2S2. The van der Waals surface area contributed by atoms with E-state index in [2.05, 4.69) is 10.6 Å². The fourth-order valence-corrected chi connectivity index (χ4v) is 3.57. The molecule has 2 aromatic carbocycles. The summed E-state index contributed by atoms with van der Waals surface area (Å²) in [5, 5.41) is 7.44. The highest BCUT2D eigenvalue weighted by Crippen LogP contribution is 2.21. The van der Waals surface area contributed by atoms with E-state index in [1.807, 2.05) is 6.07 Å². The smallest absolute Gasteiger partial charge is 0.242 e. The van der Waals surface area contributed by atoms with Crippen molar-refractivity contribution in [3.63, 3.8) is 0 Å². The van der Waals surface area contributed by atoms with E-state index < -0.39 is 10.0 Å². The van der Waals surface area contributed by atoms with Crippen LogP contribution in [0.5, 0.6) is 0 Å². The van der Waals surface area contributed by atoms with Gasteiger partial charge in [-0.2, -0.15) is 0 Å². The Balaban J connectivity index is 2.03. The Hall–Kier alpha value is -1.38. The predicted octanol–water partition coefficient (Wildman–Crippen LogP) is 3.73. The van der Waals surface area contributed by atoms with Gasteiger partial charge in [0.25, 0.3) is 0 Å². The van der Waals surface area contributed by atoms with Crippen molar-refractivity contribution in [2.24, 2.45) is 0 Å². The molecule has 0 spiro atoms. The standard InChI is InChI=1S/C16H17Cl2N3O2S2/c1-21(2)25(22,23)14-5-3-4-13(9-14)20-16(24)19-10-11-6-7-12(17)8-15(11)18/h3-9H,10H2,1-2H3,(H2,19,20,24). The maximum absolute atomic E-state index is 12.2. The molecule has 0 amide bonds. The highest BCUT2D eigenvalue weighted by Gasteiger charge is 2.17. The molecule has 0 saturated heterocycles. The van der Waals surface area contributed by atoms with E-state index in [0.29, 0.717) is 27.4 Å². The van der Waals surface area contributed by atoms with Gasteiger partial charge in [-0.05, 0) is 48.1 Å². The monoisotopic (exact) mass is 417 g/mol. The molecule has 2 aromatic rings. The van der Waals surface area contributed by atoms with Crippen LogP contribution in [0.3, 0.4) is 0 Å². The second-order valence-electron chi connectivity index (χ2n) is 5.36. The lowest BCUT2D eigenvalue weighted by molar-refractivity contribution is 0.521. The molecule has 5 nitrogen and oxygen atoms in total. The van der Waals surface area contributed by atoms with Crippen LogP contribution in [0, 0.1) is 0 Å². The van der Waals surface area contributed by atoms with Gasteiger partial charge >= 0.3 is 0 Å². The zero-order valence-electron chi connectivity index (χ0n) is 13.6. The average molecular weight is 418 g/mol. The van der Waals surface area contributed by atoms with Crippen molar-refractivity contribution in [2.45, 2.75) is 11.4 Å². The van der Waals surface area contributed by atoms with E-state index in [4.69, 9.17) is 35.4 Å². The van der Waals surface area contributed by atoms with Crippen LogP contribution in [0.15, 0.2) is 47.4 Å². The minimum atomic E-state index is -3.50. The van der Waals surface area contributed by atoms with Crippen LogP contribution >= 0.6 is 35.4 Å². The van der Waals surface area contributed by atoms with Gasteiger partial charge in [0, 0.05) is 36.4 Å². The molecule has 0 radical (unpaired) electrons. The van der Waals surface area contributed by atoms with Gasteiger partial charge in [0.1, 0.15) is 0 Å². The summed E-state index contributed by atoms with van der Waals surface area (Å²) in [5.41, 5.74) is 1.42. The van der Waals surface area contributed by atoms with E-state index in [1.54, 1.807) is 24.3 Å². The van der Waals surface area contributed by atoms with Crippen LogP contribution in [0.4, 0.5) is 5.69 Å². The number of benzene rings is 2. The first kappa shape index (κ1) is 19.9. The molecule has 0 unspecified atom stereocenters. The Morgan fingerprint density at radius 2 is 1.88 bits per heavy atom. The Kier molecular flexibility index (Phi) is 6.65. The second kappa shape index (κ2) is 8.33. The van der Waals surface area contributed by atoms with Crippen molar-refractivity contribution in [1.29, 1.82) is 0 Å². The lowest BCUT2D eigenvalue weighted by Crippen LogP contribution is -2.28. The molecule has 2 rings (SSSR count). The third-order valence-corrected chi connectivity index (χ3v) is 5.97. The maximum atomic E-state index is 12.2. The third kappa shape index (κ3) is 5.29. The van der Waals surface area contributed by atoms with Crippen molar-refractivity contribution in [3.8, 4) is 0 Å². The SMILES string of the molecule is CN(C)S(=O)(=O)c1cccc(NC(=S)NCc2ccc(Cl)cc2Cl)c1. The number of anilines is 1. The van der Waals surface area contributed by atoms with Gasteiger partial charge in [-0.15, -0.1) is 0 Å². The number of hydrogen-bond donors (Lipinski definition) is 2. The van der Waals surface area contributed by atoms with Crippen LogP contribution in [-0.2, 0) is 16.6 Å². The van der Waals surface area contributed by atoms with Gasteiger partial charge in [-0.3, -0.25) is 0 Å². The van der Waals surface area contributed by atoms with Crippen LogP contribution in [0.2, 0.25) is 10.0 Å². The zero-order chi connectivity index (χ0) is 18.6. The van der Waals surface area contributed by atoms with Crippen LogP contribution < -0.4 is 10.6 Å². The highest BCUT2D eigenvalue weighted by atomic mass is 35.5. The average Bonchev–Trinajstić information content (AvgIpc) is 2.54. The maximum Gasteiger partial charge on any atom is 0.242 e. The summed E-state index contributed by atoms with van der Waals surface area (Å²) in [6.45, 7) is 0.414. The summed E-state index contributed by atoms with van der Waals surface area (Å²) in [5.74, 6) is 0. The summed E-state index contributed by atoms with van der Waals surface area (Å²) in [4.78, 5) is 0.186. The van der Waals surface area contributed by atoms with Gasteiger partial charge in [0.2, 0.25) is 10.0 Å². The number of rotatable bonds is 5. The summed E-state index contributed by atoms with van der Waals surface area (Å²) in [6.07, 6.45) is 0. The molecule has 0 atom stereocenters. The number of thiocarbonyl (C=S) groups is 1. The van der Waals surface area contributed by atoms with Crippen molar-refractivity contribution in [3.05, 3.63) is 58.1 Å². The molecule has 9 heteroatoms. The number of nitrogens with zero attached hydrogens (tertiary/aromatic N) is 1. The Morgan fingerprint density at radius 1 is 1.16 bits per heavy atom. The zero-order valence-corrected chi connectivity index (χ0v) is 16.7. The number of nitrogens with one attached hydrogen (secondary N) is 2. The molecule has 0 bridgehead atoms. The van der Waals surface area contributed by atoms with E-state index in [0.717, 1.165) is 9.87 Å². The summed E-state index contributed by atoms with van der Waals surface area (Å²) >= 11 is 17.2. The van der Waals surface area contributed by atoms with Crippen molar-refractivity contribution in [2.75, 3.05) is 19.4 Å². The Bertz CT molecular complexity index is 887. The minimum Gasteiger partial charge on any atom is -0.358 e. The van der Waals surface area contributed by atoms with Crippen molar-refractivity contribution in [1.82, 2.24) is 9.62 Å². The second-order valence-corrected chi connectivity index (χ2v) is 8.76. The largest absolute Gasteiger partial charge is 0.358 e. The fraction of sp³-hybridized carbons (Fsp3) is 0.188. The molecular weight excluding hydrogens is 401 g/mol. The number of hydrogen-bond acceptors (Lipinski definition) is 3. The molecule has 0 aliphatic rings. The van der Waals surface area contributed by atoms with Crippen molar-refractivity contribution < 1.29 is 8.42 Å². The lowest BCUT2D eigenvalue weighted by Gasteiger charge is -2.14. The van der Waals surface area contributed by atoms with Gasteiger partial charge in [-0.1, -0.05) is 35.3 Å².